The number of amides is 1. The molecule has 0 saturated carbocycles. The van der Waals surface area contributed by atoms with Crippen LogP contribution >= 0.6 is 0 Å². The van der Waals surface area contributed by atoms with Crippen molar-refractivity contribution in [2.75, 3.05) is 20.2 Å². The number of nitrogens with zero attached hydrogens (tertiary/aromatic N) is 2. The van der Waals surface area contributed by atoms with Gasteiger partial charge >= 0.3 is 0 Å². The van der Waals surface area contributed by atoms with Gasteiger partial charge in [0.15, 0.2) is 0 Å². The zero-order valence-electron chi connectivity index (χ0n) is 10.8. The molecule has 1 saturated heterocycles. The lowest BCUT2D eigenvalue weighted by molar-refractivity contribution is -0.139. The topological polar surface area (TPSA) is 43.8 Å². The van der Waals surface area contributed by atoms with Gasteiger partial charge in [-0.3, -0.25) is 9.69 Å². The smallest absolute Gasteiger partial charge is 0.240 e. The zero-order chi connectivity index (χ0) is 12.3. The first-order chi connectivity index (χ1) is 7.49. The summed E-state index contributed by atoms with van der Waals surface area (Å²) in [5.74, 6) is 0.163. The third-order valence-electron chi connectivity index (χ3n) is 3.40. The Hall–Kier alpha value is -0.610. The number of aliphatic hydroxyl groups excluding tert-OH is 1. The summed E-state index contributed by atoms with van der Waals surface area (Å²) >= 11 is 0. The Bertz CT molecular complexity index is 243. The van der Waals surface area contributed by atoms with Crippen LogP contribution in [0.25, 0.3) is 0 Å². The van der Waals surface area contributed by atoms with Crippen LogP contribution in [0.3, 0.4) is 0 Å². The van der Waals surface area contributed by atoms with Gasteiger partial charge in [-0.1, -0.05) is 0 Å². The van der Waals surface area contributed by atoms with Gasteiger partial charge in [0.1, 0.15) is 0 Å². The standard InChI is InChI=1S/C12H24N2O2/c1-9(2)14-10(3)5-7-13(4)11(6-8-15)12(14)16/h9-11,15H,5-8H2,1-4H3. The van der Waals surface area contributed by atoms with Gasteiger partial charge in [-0.15, -0.1) is 0 Å². The first-order valence-electron chi connectivity index (χ1n) is 6.12. The molecule has 1 aliphatic heterocycles. The fourth-order valence-corrected chi connectivity index (χ4v) is 2.49. The molecule has 0 bridgehead atoms. The first kappa shape index (κ1) is 13.5. The molecule has 1 amide bonds. The summed E-state index contributed by atoms with van der Waals surface area (Å²) in [6, 6.07) is 0.367. The van der Waals surface area contributed by atoms with E-state index in [1.807, 2.05) is 11.9 Å². The van der Waals surface area contributed by atoms with E-state index in [1.54, 1.807) is 0 Å². The summed E-state index contributed by atoms with van der Waals surface area (Å²) in [6.07, 6.45) is 1.54. The van der Waals surface area contributed by atoms with Gasteiger partial charge in [0, 0.05) is 25.2 Å². The lowest BCUT2D eigenvalue weighted by atomic mass is 10.1. The second-order valence-corrected chi connectivity index (χ2v) is 4.99. The van der Waals surface area contributed by atoms with Gasteiger partial charge in [0.2, 0.25) is 5.91 Å². The van der Waals surface area contributed by atoms with Crippen LogP contribution in [-0.4, -0.2) is 59.1 Å². The van der Waals surface area contributed by atoms with Crippen molar-refractivity contribution in [1.29, 1.82) is 0 Å². The maximum absolute atomic E-state index is 12.4. The quantitative estimate of drug-likeness (QED) is 0.773. The lowest BCUT2D eigenvalue weighted by Gasteiger charge is -2.33. The van der Waals surface area contributed by atoms with Crippen LogP contribution in [0.2, 0.25) is 0 Å². The Morgan fingerprint density at radius 2 is 2.12 bits per heavy atom. The van der Waals surface area contributed by atoms with Crippen molar-refractivity contribution in [1.82, 2.24) is 9.80 Å². The van der Waals surface area contributed by atoms with E-state index in [1.165, 1.54) is 0 Å². The molecule has 0 spiro atoms. The van der Waals surface area contributed by atoms with Crippen molar-refractivity contribution in [3.05, 3.63) is 0 Å². The van der Waals surface area contributed by atoms with Crippen LogP contribution in [0.15, 0.2) is 0 Å². The van der Waals surface area contributed by atoms with E-state index in [-0.39, 0.29) is 24.6 Å². The normalized spacial score (nSPS) is 28.6. The fraction of sp³-hybridized carbons (Fsp3) is 0.917. The number of rotatable bonds is 3. The minimum atomic E-state index is -0.155. The Morgan fingerprint density at radius 3 is 2.62 bits per heavy atom. The predicted molar refractivity (Wildman–Crippen MR) is 64.2 cm³/mol. The Balaban J connectivity index is 2.88. The van der Waals surface area contributed by atoms with Crippen molar-refractivity contribution >= 4 is 5.91 Å². The summed E-state index contributed by atoms with van der Waals surface area (Å²) in [5.41, 5.74) is 0. The highest BCUT2D eigenvalue weighted by Gasteiger charge is 2.34. The second-order valence-electron chi connectivity index (χ2n) is 4.99. The van der Waals surface area contributed by atoms with E-state index in [0.717, 1.165) is 13.0 Å². The molecule has 0 aromatic carbocycles. The number of aliphatic hydroxyl groups is 1. The molecule has 1 heterocycles. The molecule has 0 aromatic rings. The van der Waals surface area contributed by atoms with Crippen LogP contribution in [-0.2, 0) is 4.79 Å². The van der Waals surface area contributed by atoms with Gasteiger partial charge in [-0.25, -0.2) is 0 Å². The van der Waals surface area contributed by atoms with Crippen LogP contribution in [0.1, 0.15) is 33.6 Å². The number of carbonyl (C=O) groups excluding carboxylic acids is 1. The van der Waals surface area contributed by atoms with Crippen molar-refractivity contribution < 1.29 is 9.90 Å². The Morgan fingerprint density at radius 1 is 1.50 bits per heavy atom. The van der Waals surface area contributed by atoms with E-state index in [0.29, 0.717) is 12.5 Å². The van der Waals surface area contributed by atoms with E-state index < -0.39 is 0 Å². The van der Waals surface area contributed by atoms with E-state index in [4.69, 9.17) is 5.11 Å². The summed E-state index contributed by atoms with van der Waals surface area (Å²) in [5, 5.41) is 9.04. The largest absolute Gasteiger partial charge is 0.396 e. The van der Waals surface area contributed by atoms with Crippen molar-refractivity contribution in [2.24, 2.45) is 0 Å². The van der Waals surface area contributed by atoms with Crippen LogP contribution in [0.4, 0.5) is 0 Å². The maximum atomic E-state index is 12.4. The van der Waals surface area contributed by atoms with Gasteiger partial charge in [-0.2, -0.15) is 0 Å². The SMILES string of the molecule is CC(C)N1C(=O)C(CCO)N(C)CCC1C. The molecule has 1 N–H and O–H groups in total. The van der Waals surface area contributed by atoms with Gasteiger partial charge in [-0.05, 0) is 40.7 Å². The molecular weight excluding hydrogens is 204 g/mol. The molecule has 0 aromatic heterocycles. The van der Waals surface area contributed by atoms with E-state index in [2.05, 4.69) is 25.7 Å². The molecule has 4 heteroatoms. The first-order valence-corrected chi connectivity index (χ1v) is 6.12. The molecule has 0 radical (unpaired) electrons. The Kier molecular flexibility index (Phi) is 4.74. The van der Waals surface area contributed by atoms with E-state index in [9.17, 15) is 4.79 Å². The number of carbonyl (C=O) groups is 1. The molecule has 1 aliphatic rings. The lowest BCUT2D eigenvalue weighted by Crippen LogP contribution is -2.49. The molecule has 2 atom stereocenters. The molecule has 94 valence electrons. The average molecular weight is 228 g/mol. The summed E-state index contributed by atoms with van der Waals surface area (Å²) in [7, 11) is 1.97. The molecular formula is C12H24N2O2. The third-order valence-corrected chi connectivity index (χ3v) is 3.40. The number of likely N-dealkylation sites (N-methyl/N-ethyl adjacent to an activating group) is 1. The second kappa shape index (κ2) is 5.64. The van der Waals surface area contributed by atoms with Crippen LogP contribution in [0, 0.1) is 0 Å². The predicted octanol–water partition coefficient (Wildman–Crippen LogP) is 0.698. The summed E-state index contributed by atoms with van der Waals surface area (Å²) in [6.45, 7) is 7.19. The monoisotopic (exact) mass is 228 g/mol. The summed E-state index contributed by atoms with van der Waals surface area (Å²) in [4.78, 5) is 16.4. The minimum Gasteiger partial charge on any atom is -0.396 e. The van der Waals surface area contributed by atoms with Gasteiger partial charge in [0.25, 0.3) is 0 Å². The Labute approximate surface area is 98.2 Å². The zero-order valence-corrected chi connectivity index (χ0v) is 10.8. The molecule has 1 rings (SSSR count). The molecule has 2 unspecified atom stereocenters. The highest BCUT2D eigenvalue weighted by molar-refractivity contribution is 5.82. The van der Waals surface area contributed by atoms with Gasteiger partial charge in [0.05, 0.1) is 6.04 Å². The van der Waals surface area contributed by atoms with E-state index >= 15 is 0 Å². The maximum Gasteiger partial charge on any atom is 0.240 e. The number of hydrogen-bond acceptors (Lipinski definition) is 3. The number of hydrogen-bond donors (Lipinski definition) is 1. The fourth-order valence-electron chi connectivity index (χ4n) is 2.49. The van der Waals surface area contributed by atoms with Crippen LogP contribution < -0.4 is 0 Å². The van der Waals surface area contributed by atoms with Crippen molar-refractivity contribution in [3.8, 4) is 0 Å². The third kappa shape index (κ3) is 2.74. The molecule has 4 nitrogen and oxygen atoms in total. The molecule has 0 aliphatic carbocycles. The highest BCUT2D eigenvalue weighted by Crippen LogP contribution is 2.19. The van der Waals surface area contributed by atoms with Crippen LogP contribution in [0.5, 0.6) is 0 Å². The molecule has 16 heavy (non-hydrogen) atoms. The van der Waals surface area contributed by atoms with Gasteiger partial charge < -0.3 is 10.0 Å². The average Bonchev–Trinajstić information content (AvgIpc) is 2.30. The molecule has 1 fully saturated rings. The minimum absolute atomic E-state index is 0.0705. The highest BCUT2D eigenvalue weighted by atomic mass is 16.3. The van der Waals surface area contributed by atoms with Crippen molar-refractivity contribution in [3.63, 3.8) is 0 Å². The summed E-state index contributed by atoms with van der Waals surface area (Å²) < 4.78 is 0. The van der Waals surface area contributed by atoms with Crippen molar-refractivity contribution in [2.45, 2.75) is 51.7 Å².